The summed E-state index contributed by atoms with van der Waals surface area (Å²) in [6.45, 7) is 3.08. The minimum atomic E-state index is -0.533. The molecule has 0 aromatic heterocycles. The molecule has 0 aliphatic carbocycles. The van der Waals surface area contributed by atoms with Crippen molar-refractivity contribution in [3.05, 3.63) is 66.0 Å². The molecule has 0 unspecified atom stereocenters. The van der Waals surface area contributed by atoms with Crippen LogP contribution in [0.25, 0.3) is 0 Å². The first kappa shape index (κ1) is 17.4. The highest BCUT2D eigenvalue weighted by Crippen LogP contribution is 2.16. The van der Waals surface area contributed by atoms with Crippen molar-refractivity contribution in [1.29, 1.82) is 0 Å². The molecular weight excluding hydrogens is 321 g/mol. The highest BCUT2D eigenvalue weighted by molar-refractivity contribution is 5.89. The molecule has 5 nitrogen and oxygen atoms in total. The molecule has 2 N–H and O–H groups in total. The van der Waals surface area contributed by atoms with E-state index in [1.54, 1.807) is 17.0 Å². The largest absolute Gasteiger partial charge is 0.387 e. The van der Waals surface area contributed by atoms with Crippen LogP contribution in [0.5, 0.6) is 0 Å². The number of anilines is 1. The van der Waals surface area contributed by atoms with E-state index in [-0.39, 0.29) is 11.8 Å². The van der Waals surface area contributed by atoms with Gasteiger partial charge in [0.2, 0.25) is 0 Å². The zero-order valence-electron chi connectivity index (χ0n) is 13.9. The fourth-order valence-corrected chi connectivity index (χ4v) is 2.93. The molecule has 1 atom stereocenters. The molecule has 2 amide bonds. The molecule has 0 bridgehead atoms. The Morgan fingerprint density at radius 3 is 2.48 bits per heavy atom. The van der Waals surface area contributed by atoms with Gasteiger partial charge < -0.3 is 15.3 Å². The Kier molecular flexibility index (Phi) is 5.63. The summed E-state index contributed by atoms with van der Waals surface area (Å²) in [5.74, 6) is -0.377. The Morgan fingerprint density at radius 2 is 1.80 bits per heavy atom. The van der Waals surface area contributed by atoms with E-state index in [0.29, 0.717) is 38.4 Å². The average Bonchev–Trinajstić information content (AvgIpc) is 2.63. The Labute approximate surface area is 146 Å². The molecule has 25 heavy (non-hydrogen) atoms. The number of carbonyl (C=O) groups excluding carboxylic acids is 1. The van der Waals surface area contributed by atoms with Crippen LogP contribution in [0.1, 0.15) is 11.7 Å². The standard InChI is InChI=1S/C19H22FN3O2/c20-16-7-4-8-17(13-16)21-19(25)23-11-9-22(10-12-23)14-18(24)15-5-2-1-3-6-15/h1-8,13,18,24H,9-12,14H2,(H,21,25)/t18-/m1/s1. The zero-order chi connectivity index (χ0) is 17.6. The van der Waals surface area contributed by atoms with E-state index >= 15 is 0 Å². The van der Waals surface area contributed by atoms with Crippen LogP contribution in [-0.2, 0) is 0 Å². The van der Waals surface area contributed by atoms with E-state index in [9.17, 15) is 14.3 Å². The predicted octanol–water partition coefficient (Wildman–Crippen LogP) is 2.71. The lowest BCUT2D eigenvalue weighted by Crippen LogP contribution is -2.50. The Balaban J connectivity index is 1.47. The molecular formula is C19H22FN3O2. The average molecular weight is 343 g/mol. The van der Waals surface area contributed by atoms with Crippen LogP contribution < -0.4 is 5.32 Å². The van der Waals surface area contributed by atoms with Crippen LogP contribution >= 0.6 is 0 Å². The smallest absolute Gasteiger partial charge is 0.321 e. The molecule has 0 radical (unpaired) electrons. The molecule has 6 heteroatoms. The number of amides is 2. The number of urea groups is 1. The molecule has 1 fully saturated rings. The third-order valence-corrected chi connectivity index (χ3v) is 4.35. The van der Waals surface area contributed by atoms with E-state index in [1.165, 1.54) is 12.1 Å². The number of hydrogen-bond acceptors (Lipinski definition) is 3. The predicted molar refractivity (Wildman–Crippen MR) is 94.8 cm³/mol. The summed E-state index contributed by atoms with van der Waals surface area (Å²) in [7, 11) is 0. The SMILES string of the molecule is O=C(Nc1cccc(F)c1)N1CCN(C[C@@H](O)c2ccccc2)CC1. The second-order valence-electron chi connectivity index (χ2n) is 6.15. The molecule has 1 saturated heterocycles. The summed E-state index contributed by atoms with van der Waals surface area (Å²) in [5, 5.41) is 13.0. The van der Waals surface area contributed by atoms with Gasteiger partial charge in [0.1, 0.15) is 5.82 Å². The second kappa shape index (κ2) is 8.09. The van der Waals surface area contributed by atoms with Crippen molar-refractivity contribution in [2.24, 2.45) is 0 Å². The molecule has 132 valence electrons. The van der Waals surface area contributed by atoms with Gasteiger partial charge in [-0.2, -0.15) is 0 Å². The summed E-state index contributed by atoms with van der Waals surface area (Å²) < 4.78 is 13.2. The van der Waals surface area contributed by atoms with Crippen LogP contribution in [0.2, 0.25) is 0 Å². The van der Waals surface area contributed by atoms with Crippen molar-refractivity contribution in [3.63, 3.8) is 0 Å². The van der Waals surface area contributed by atoms with Gasteiger partial charge in [0.05, 0.1) is 6.10 Å². The first-order valence-electron chi connectivity index (χ1n) is 8.39. The maximum absolute atomic E-state index is 13.2. The first-order valence-corrected chi connectivity index (χ1v) is 8.39. The van der Waals surface area contributed by atoms with Crippen LogP contribution in [0, 0.1) is 5.82 Å². The minimum absolute atomic E-state index is 0.228. The second-order valence-corrected chi connectivity index (χ2v) is 6.15. The molecule has 2 aromatic rings. The summed E-state index contributed by atoms with van der Waals surface area (Å²) >= 11 is 0. The molecule has 1 aliphatic heterocycles. The number of β-amino-alcohol motifs (C(OH)–C–C–N with tert-alkyl or cyclic N) is 1. The van der Waals surface area contributed by atoms with E-state index < -0.39 is 6.10 Å². The number of nitrogens with zero attached hydrogens (tertiary/aromatic N) is 2. The highest BCUT2D eigenvalue weighted by Gasteiger charge is 2.23. The number of halogens is 1. The lowest BCUT2D eigenvalue weighted by atomic mass is 10.1. The van der Waals surface area contributed by atoms with Crippen molar-refractivity contribution in [1.82, 2.24) is 9.80 Å². The number of aliphatic hydroxyl groups is 1. The van der Waals surface area contributed by atoms with Crippen molar-refractivity contribution in [2.75, 3.05) is 38.0 Å². The zero-order valence-corrected chi connectivity index (χ0v) is 13.9. The van der Waals surface area contributed by atoms with Gasteiger partial charge in [0.25, 0.3) is 0 Å². The molecule has 0 saturated carbocycles. The van der Waals surface area contributed by atoms with Gasteiger partial charge in [-0.05, 0) is 23.8 Å². The molecule has 1 heterocycles. The quantitative estimate of drug-likeness (QED) is 0.897. The van der Waals surface area contributed by atoms with Gasteiger partial charge in [-0.15, -0.1) is 0 Å². The van der Waals surface area contributed by atoms with Gasteiger partial charge in [-0.25, -0.2) is 9.18 Å². The highest BCUT2D eigenvalue weighted by atomic mass is 19.1. The van der Waals surface area contributed by atoms with Crippen molar-refractivity contribution < 1.29 is 14.3 Å². The van der Waals surface area contributed by atoms with Gasteiger partial charge in [-0.3, -0.25) is 4.90 Å². The molecule has 3 rings (SSSR count). The Bertz CT molecular complexity index is 703. The lowest BCUT2D eigenvalue weighted by molar-refractivity contribution is 0.0831. The van der Waals surface area contributed by atoms with Crippen LogP contribution in [0.15, 0.2) is 54.6 Å². The topological polar surface area (TPSA) is 55.8 Å². The number of benzene rings is 2. The molecule has 1 aliphatic rings. The van der Waals surface area contributed by atoms with Gasteiger partial charge in [-0.1, -0.05) is 36.4 Å². The van der Waals surface area contributed by atoms with E-state index in [2.05, 4.69) is 10.2 Å². The van der Waals surface area contributed by atoms with Crippen LogP contribution in [0.3, 0.4) is 0 Å². The van der Waals surface area contributed by atoms with Gasteiger partial charge in [0.15, 0.2) is 0 Å². The number of rotatable bonds is 4. The first-order chi connectivity index (χ1) is 12.1. The van der Waals surface area contributed by atoms with Crippen molar-refractivity contribution in [2.45, 2.75) is 6.10 Å². The lowest BCUT2D eigenvalue weighted by Gasteiger charge is -2.35. The molecule has 0 spiro atoms. The maximum atomic E-state index is 13.2. The third-order valence-electron chi connectivity index (χ3n) is 4.35. The number of aliphatic hydroxyl groups excluding tert-OH is 1. The summed E-state index contributed by atoms with van der Waals surface area (Å²) in [4.78, 5) is 16.1. The number of carbonyl (C=O) groups is 1. The maximum Gasteiger partial charge on any atom is 0.321 e. The summed E-state index contributed by atoms with van der Waals surface area (Å²) in [6, 6.07) is 15.2. The van der Waals surface area contributed by atoms with Crippen molar-refractivity contribution in [3.8, 4) is 0 Å². The number of nitrogens with one attached hydrogen (secondary N) is 1. The summed E-state index contributed by atoms with van der Waals surface area (Å²) in [6.07, 6.45) is -0.533. The third kappa shape index (κ3) is 4.78. The number of piperazine rings is 1. The van der Waals surface area contributed by atoms with Crippen LogP contribution in [-0.4, -0.2) is 53.7 Å². The van der Waals surface area contributed by atoms with Gasteiger partial charge in [0, 0.05) is 38.4 Å². The summed E-state index contributed by atoms with van der Waals surface area (Å²) in [5.41, 5.74) is 1.35. The Hall–Kier alpha value is -2.44. The fourth-order valence-electron chi connectivity index (χ4n) is 2.93. The van der Waals surface area contributed by atoms with E-state index in [4.69, 9.17) is 0 Å². The van der Waals surface area contributed by atoms with Crippen LogP contribution in [0.4, 0.5) is 14.9 Å². The fraction of sp³-hybridized carbons (Fsp3) is 0.316. The van der Waals surface area contributed by atoms with Gasteiger partial charge >= 0.3 is 6.03 Å². The van der Waals surface area contributed by atoms with Crippen molar-refractivity contribution >= 4 is 11.7 Å². The normalized spacial score (nSPS) is 16.5. The Morgan fingerprint density at radius 1 is 1.08 bits per heavy atom. The monoisotopic (exact) mass is 343 g/mol. The van der Waals surface area contributed by atoms with E-state index in [1.807, 2.05) is 30.3 Å². The number of hydrogen-bond donors (Lipinski definition) is 2. The molecule has 2 aromatic carbocycles. The minimum Gasteiger partial charge on any atom is -0.387 e. The van der Waals surface area contributed by atoms with E-state index in [0.717, 1.165) is 5.56 Å².